The Kier molecular flexibility index (Phi) is 58.8. The fourth-order valence-corrected chi connectivity index (χ4v) is 15.2. The normalized spacial score (nSPS) is 21.8. The lowest BCUT2D eigenvalue weighted by Crippen LogP contribution is -2.66. The van der Waals surface area contributed by atoms with Crippen molar-refractivity contribution in [2.45, 2.75) is 467 Å². The van der Waals surface area contributed by atoms with Crippen LogP contribution in [0.25, 0.3) is 0 Å². The highest BCUT2D eigenvalue weighted by Gasteiger charge is 2.53. The molecule has 22 nitrogen and oxygen atoms in total. The first-order valence-electron chi connectivity index (χ1n) is 42.4. The molecule has 0 radical (unpaired) electrons. The van der Waals surface area contributed by atoms with Crippen molar-refractivity contribution in [3.8, 4) is 0 Å². The number of aliphatic hydroxyl groups is 6. The zero-order valence-corrected chi connectivity index (χ0v) is 66.7. The summed E-state index contributed by atoms with van der Waals surface area (Å²) in [4.78, 5) is 91.1. The van der Waals surface area contributed by atoms with Crippen LogP contribution in [0.1, 0.15) is 388 Å². The van der Waals surface area contributed by atoms with Gasteiger partial charge in [-0.1, -0.05) is 311 Å². The average Bonchev–Trinajstić information content (AvgIpc) is 0.781. The highest BCUT2D eigenvalue weighted by molar-refractivity contribution is 7.46. The van der Waals surface area contributed by atoms with Crippen LogP contribution in [0.15, 0.2) is 0 Å². The topological polar surface area (TPSA) is 344 Å². The molecule has 14 atom stereocenters. The molecule has 0 bridgehead atoms. The number of carbonyl (C=O) groups is 5. The van der Waals surface area contributed by atoms with E-state index in [1.54, 1.807) is 0 Å². The maximum Gasteiger partial charge on any atom is 0.469 e. The van der Waals surface area contributed by atoms with Crippen molar-refractivity contribution in [3.63, 3.8) is 0 Å². The molecule has 5 unspecified atom stereocenters. The van der Waals surface area contributed by atoms with Gasteiger partial charge in [-0.25, -0.2) is 4.57 Å². The predicted octanol–water partition coefficient (Wildman–Crippen LogP) is 15.9. The number of esters is 3. The minimum absolute atomic E-state index is 0.151. The minimum atomic E-state index is -5.47. The van der Waals surface area contributed by atoms with E-state index in [1.165, 1.54) is 103 Å². The Balaban J connectivity index is 2.58. The van der Waals surface area contributed by atoms with E-state index in [4.69, 9.17) is 28.2 Å². The number of hydrogen-bond donors (Lipinski definition) is 10. The first-order valence-corrected chi connectivity index (χ1v) is 43.9. The Morgan fingerprint density at radius 1 is 0.433 bits per heavy atom. The van der Waals surface area contributed by atoms with Crippen molar-refractivity contribution in [1.82, 2.24) is 10.6 Å². The lowest BCUT2D eigenvalue weighted by atomic mass is 9.79. The van der Waals surface area contributed by atoms with Gasteiger partial charge in [-0.05, 0) is 44.9 Å². The standard InChI is InChI=1S/C81H153N2O20P/c1-6-11-16-21-26-31-36-41-46-51-64(85)57-70(88)83-76-79(101-73(91)58-65(86)52-47-42-37-32-27-22-17-12-7-2)77(93)69(100-81(76)94)62-98-68-56-63(61-84)78(103-104(95,96)97)80(102-74(92)59-66(87)53-48-43-38-33-28-23-18-13-8-3)75(68)82-71(89)60-67(54-49-44-39-34-29-24-19-14-9-4)99-72(90)55-50-45-40-35-30-25-20-15-10-5/h63-69,75-81,84-87,93-94H,6-62H2,1-5H3,(H,82,89)(H,83,88)(H2,95,96,97)/t63?,64-,65-,66-,67-,68-,69?,75?,76?,77-,78-,79-,80-,81?/m1/s1. The Bertz CT molecular complexity index is 2180. The maximum absolute atomic E-state index is 14.8. The van der Waals surface area contributed by atoms with Crippen LogP contribution in [0.5, 0.6) is 0 Å². The molecule has 612 valence electrons. The van der Waals surface area contributed by atoms with Gasteiger partial charge in [0.1, 0.15) is 30.5 Å². The molecular weight excluding hydrogens is 1350 g/mol. The summed E-state index contributed by atoms with van der Waals surface area (Å²) in [5, 5.41) is 73.9. The van der Waals surface area contributed by atoms with E-state index in [-0.39, 0.29) is 32.1 Å². The van der Waals surface area contributed by atoms with Crippen LogP contribution in [-0.4, -0.2) is 163 Å². The number of phosphoric acid groups is 1. The minimum Gasteiger partial charge on any atom is -0.462 e. The molecule has 0 aromatic rings. The number of amides is 2. The van der Waals surface area contributed by atoms with Crippen LogP contribution in [0, 0.1) is 5.92 Å². The van der Waals surface area contributed by atoms with E-state index in [1.807, 2.05) is 0 Å². The van der Waals surface area contributed by atoms with Gasteiger partial charge in [0, 0.05) is 18.9 Å². The number of aliphatic hydroxyl groups excluding tert-OH is 6. The summed E-state index contributed by atoms with van der Waals surface area (Å²) < 4.78 is 48.9. The molecule has 1 aliphatic carbocycles. The predicted molar refractivity (Wildman–Crippen MR) is 408 cm³/mol. The van der Waals surface area contributed by atoms with Gasteiger partial charge in [-0.15, -0.1) is 0 Å². The molecule has 2 aliphatic rings. The summed E-state index contributed by atoms with van der Waals surface area (Å²) in [7, 11) is -5.47. The summed E-state index contributed by atoms with van der Waals surface area (Å²) in [6.45, 7) is 9.40. The molecule has 1 heterocycles. The number of nitrogens with one attached hydrogen (secondary N) is 2. The molecule has 0 aromatic heterocycles. The number of hydrogen-bond acceptors (Lipinski definition) is 18. The molecule has 2 rings (SSSR count). The first kappa shape index (κ1) is 97.2. The molecule has 1 saturated heterocycles. The van der Waals surface area contributed by atoms with Crippen molar-refractivity contribution >= 4 is 37.5 Å². The Hall–Kier alpha value is -2.86. The van der Waals surface area contributed by atoms with Crippen molar-refractivity contribution in [1.29, 1.82) is 0 Å². The van der Waals surface area contributed by atoms with Gasteiger partial charge in [-0.2, -0.15) is 0 Å². The third-order valence-electron chi connectivity index (χ3n) is 20.9. The van der Waals surface area contributed by atoms with Crippen LogP contribution >= 0.6 is 7.82 Å². The number of carbonyl (C=O) groups excluding carboxylic acids is 5. The molecule has 0 aromatic carbocycles. The Labute approximate surface area is 628 Å². The molecule has 104 heavy (non-hydrogen) atoms. The number of ether oxygens (including phenoxy) is 5. The van der Waals surface area contributed by atoms with Gasteiger partial charge in [0.15, 0.2) is 18.5 Å². The second kappa shape index (κ2) is 62.9. The van der Waals surface area contributed by atoms with Crippen molar-refractivity contribution < 1.29 is 97.2 Å². The zero-order valence-electron chi connectivity index (χ0n) is 65.8. The number of rotatable bonds is 69. The summed E-state index contributed by atoms with van der Waals surface area (Å²) in [6.07, 6.45) is 29.8. The van der Waals surface area contributed by atoms with Crippen molar-refractivity contribution in [2.75, 3.05) is 13.2 Å². The second-order valence-corrected chi connectivity index (χ2v) is 31.9. The van der Waals surface area contributed by atoms with E-state index < -0.39 is 149 Å². The van der Waals surface area contributed by atoms with E-state index >= 15 is 0 Å². The van der Waals surface area contributed by atoms with E-state index in [9.17, 15) is 69.0 Å². The molecule has 23 heteroatoms. The van der Waals surface area contributed by atoms with Crippen molar-refractivity contribution in [2.24, 2.45) is 5.92 Å². The Morgan fingerprint density at radius 3 is 1.17 bits per heavy atom. The lowest BCUT2D eigenvalue weighted by molar-refractivity contribution is -0.266. The average molecular weight is 1510 g/mol. The lowest BCUT2D eigenvalue weighted by Gasteiger charge is -2.46. The molecular formula is C81H153N2O20P. The number of unbranched alkanes of at least 4 members (excludes halogenated alkanes) is 40. The first-order chi connectivity index (χ1) is 50.2. The summed E-state index contributed by atoms with van der Waals surface area (Å²) in [5.41, 5.74) is 0. The highest BCUT2D eigenvalue weighted by atomic mass is 31.2. The second-order valence-electron chi connectivity index (χ2n) is 30.7. The molecule has 2 amide bonds. The molecule has 2 fully saturated rings. The van der Waals surface area contributed by atoms with Crippen LogP contribution in [0.4, 0.5) is 0 Å². The fraction of sp³-hybridized carbons (Fsp3) is 0.938. The van der Waals surface area contributed by atoms with Crippen LogP contribution in [0.3, 0.4) is 0 Å². The Morgan fingerprint density at radius 2 is 0.779 bits per heavy atom. The van der Waals surface area contributed by atoms with Gasteiger partial charge in [0.2, 0.25) is 11.8 Å². The molecule has 1 saturated carbocycles. The quantitative estimate of drug-likeness (QED) is 0.0117. The van der Waals surface area contributed by atoms with E-state index in [2.05, 4.69) is 45.3 Å². The summed E-state index contributed by atoms with van der Waals surface area (Å²) in [6, 6.07) is -3.16. The highest BCUT2D eigenvalue weighted by Crippen LogP contribution is 2.45. The summed E-state index contributed by atoms with van der Waals surface area (Å²) >= 11 is 0. The summed E-state index contributed by atoms with van der Waals surface area (Å²) in [5.74, 6) is -5.12. The monoisotopic (exact) mass is 1510 g/mol. The van der Waals surface area contributed by atoms with Crippen LogP contribution in [-0.2, 0) is 56.7 Å². The smallest absolute Gasteiger partial charge is 0.462 e. The van der Waals surface area contributed by atoms with Crippen LogP contribution in [0.2, 0.25) is 0 Å². The maximum atomic E-state index is 14.8. The molecule has 0 spiro atoms. The van der Waals surface area contributed by atoms with Crippen molar-refractivity contribution in [3.05, 3.63) is 0 Å². The van der Waals surface area contributed by atoms with E-state index in [0.29, 0.717) is 51.4 Å². The third-order valence-corrected chi connectivity index (χ3v) is 21.4. The number of phosphoric ester groups is 1. The van der Waals surface area contributed by atoms with Gasteiger partial charge >= 0.3 is 25.7 Å². The van der Waals surface area contributed by atoms with Gasteiger partial charge in [0.25, 0.3) is 0 Å². The van der Waals surface area contributed by atoms with Gasteiger partial charge < -0.3 is 74.7 Å². The SMILES string of the molecule is CCCCCCCCCCCC(=O)O[C@H](CCCCCCCCCCC)CC(=O)NC1[C@@H](OC(=O)C[C@H](O)CCCCCCCCCCC)[C@H](OP(=O)(O)O)C(CO)C[C@H]1OCC1OC(O)C(NC(=O)C[C@H](O)CCCCCCCCCCC)[C@@H](OC(=O)C[C@H](O)CCCCCCCCCCC)[C@@H]1O. The molecule has 1 aliphatic heterocycles. The van der Waals surface area contributed by atoms with E-state index in [0.717, 1.165) is 154 Å². The molecule has 10 N–H and O–H groups in total. The zero-order chi connectivity index (χ0) is 76.4. The van der Waals surface area contributed by atoms with Gasteiger partial charge in [-0.3, -0.25) is 28.5 Å². The van der Waals surface area contributed by atoms with Gasteiger partial charge in [0.05, 0.1) is 62.7 Å². The third kappa shape index (κ3) is 48.6. The fourth-order valence-electron chi connectivity index (χ4n) is 14.6. The van der Waals surface area contributed by atoms with Crippen LogP contribution < -0.4 is 10.6 Å². The largest absolute Gasteiger partial charge is 0.469 e.